The fraction of sp³-hybridized carbons (Fsp3) is 0.833. The van der Waals surface area contributed by atoms with Gasteiger partial charge in [0.1, 0.15) is 0 Å². The van der Waals surface area contributed by atoms with Gasteiger partial charge in [-0.2, -0.15) is 23.5 Å². The molecule has 5 nitrogen and oxygen atoms in total. The topological polar surface area (TPSA) is 84.2 Å². The van der Waals surface area contributed by atoms with Gasteiger partial charge in [-0.15, -0.1) is 12.4 Å². The van der Waals surface area contributed by atoms with E-state index in [2.05, 4.69) is 10.6 Å². The molecule has 2 atom stereocenters. The minimum atomic E-state index is -0.557. The highest BCUT2D eigenvalue weighted by Gasteiger charge is 2.18. The normalized spacial score (nSPS) is 19.9. The maximum absolute atomic E-state index is 11.6. The fourth-order valence-corrected chi connectivity index (χ4v) is 4.14. The third-order valence-electron chi connectivity index (χ3n) is 2.86. The highest BCUT2D eigenvalue weighted by atomic mass is 35.5. The molecule has 8 heteroatoms. The van der Waals surface area contributed by atoms with Crippen LogP contribution in [0.2, 0.25) is 0 Å². The summed E-state index contributed by atoms with van der Waals surface area (Å²) in [5.41, 5.74) is 5.69. The standard InChI is InChI=1S/C12H23N3O2S2.ClH/c1-8(2)11(13)12(17)15-6-10(16)14-5-9-7-18-3-4-19-9;/h8-9,11H,3-7,13H2,1-2H3,(H,14,16)(H,15,17);1H/t9?,11-;/m0./s1. The summed E-state index contributed by atoms with van der Waals surface area (Å²) in [6.45, 7) is 4.43. The van der Waals surface area contributed by atoms with E-state index in [9.17, 15) is 9.59 Å². The van der Waals surface area contributed by atoms with Crippen LogP contribution < -0.4 is 16.4 Å². The molecule has 0 spiro atoms. The summed E-state index contributed by atoms with van der Waals surface area (Å²) in [6.07, 6.45) is 0. The quantitative estimate of drug-likeness (QED) is 0.654. The summed E-state index contributed by atoms with van der Waals surface area (Å²) >= 11 is 3.82. The lowest BCUT2D eigenvalue weighted by Gasteiger charge is -2.21. The lowest BCUT2D eigenvalue weighted by molar-refractivity contribution is -0.127. The van der Waals surface area contributed by atoms with Crippen molar-refractivity contribution in [3.63, 3.8) is 0 Å². The second-order valence-corrected chi connectivity index (χ2v) is 7.42. The van der Waals surface area contributed by atoms with Crippen LogP contribution in [0.3, 0.4) is 0 Å². The van der Waals surface area contributed by atoms with Crippen LogP contribution in [0.15, 0.2) is 0 Å². The maximum Gasteiger partial charge on any atom is 0.239 e. The van der Waals surface area contributed by atoms with E-state index >= 15 is 0 Å². The first-order valence-corrected chi connectivity index (χ1v) is 8.70. The van der Waals surface area contributed by atoms with Crippen molar-refractivity contribution < 1.29 is 9.59 Å². The molecule has 0 saturated carbocycles. The Labute approximate surface area is 135 Å². The third kappa shape index (κ3) is 7.61. The van der Waals surface area contributed by atoms with Gasteiger partial charge in [0, 0.05) is 29.1 Å². The third-order valence-corrected chi connectivity index (χ3v) is 5.70. The van der Waals surface area contributed by atoms with Crippen molar-refractivity contribution in [2.45, 2.75) is 25.1 Å². The maximum atomic E-state index is 11.6. The van der Waals surface area contributed by atoms with Crippen LogP contribution in [-0.4, -0.2) is 53.5 Å². The summed E-state index contributed by atoms with van der Waals surface area (Å²) in [5.74, 6) is 3.06. The Hall–Kier alpha value is -0.110. The molecular weight excluding hydrogens is 318 g/mol. The smallest absolute Gasteiger partial charge is 0.239 e. The van der Waals surface area contributed by atoms with Gasteiger partial charge in [0.05, 0.1) is 12.6 Å². The van der Waals surface area contributed by atoms with E-state index < -0.39 is 6.04 Å². The zero-order valence-electron chi connectivity index (χ0n) is 11.9. The van der Waals surface area contributed by atoms with E-state index in [1.54, 1.807) is 0 Å². The predicted molar refractivity (Wildman–Crippen MR) is 89.7 cm³/mol. The van der Waals surface area contributed by atoms with Crippen molar-refractivity contribution in [1.29, 1.82) is 0 Å². The van der Waals surface area contributed by atoms with Crippen molar-refractivity contribution in [3.8, 4) is 0 Å². The Kier molecular flexibility index (Phi) is 10.5. The Morgan fingerprint density at radius 3 is 2.55 bits per heavy atom. The van der Waals surface area contributed by atoms with Crippen LogP contribution in [-0.2, 0) is 9.59 Å². The zero-order chi connectivity index (χ0) is 14.3. The molecular formula is C12H24ClN3O2S2. The average Bonchev–Trinajstić information content (AvgIpc) is 2.42. The molecule has 1 fully saturated rings. The number of thioether (sulfide) groups is 2. The van der Waals surface area contributed by atoms with E-state index in [0.29, 0.717) is 11.8 Å². The minimum absolute atomic E-state index is 0. The summed E-state index contributed by atoms with van der Waals surface area (Å²) in [7, 11) is 0. The first kappa shape index (κ1) is 19.9. The molecule has 118 valence electrons. The second-order valence-electron chi connectivity index (χ2n) is 4.86. The van der Waals surface area contributed by atoms with Gasteiger partial charge in [0.25, 0.3) is 0 Å². The van der Waals surface area contributed by atoms with Crippen molar-refractivity contribution in [3.05, 3.63) is 0 Å². The number of rotatable bonds is 6. The molecule has 1 heterocycles. The molecule has 1 saturated heterocycles. The van der Waals surface area contributed by atoms with Crippen molar-refractivity contribution >= 4 is 47.7 Å². The first-order chi connectivity index (χ1) is 9.00. The molecule has 1 aliphatic heterocycles. The van der Waals surface area contributed by atoms with Crippen molar-refractivity contribution in [1.82, 2.24) is 10.6 Å². The van der Waals surface area contributed by atoms with Crippen LogP contribution in [0.4, 0.5) is 0 Å². The zero-order valence-corrected chi connectivity index (χ0v) is 14.3. The highest BCUT2D eigenvalue weighted by molar-refractivity contribution is 8.06. The lowest BCUT2D eigenvalue weighted by atomic mass is 10.1. The van der Waals surface area contributed by atoms with Crippen molar-refractivity contribution in [2.24, 2.45) is 11.7 Å². The number of nitrogens with two attached hydrogens (primary N) is 1. The Balaban J connectivity index is 0.00000361. The molecule has 0 radical (unpaired) electrons. The van der Waals surface area contributed by atoms with E-state index in [1.807, 2.05) is 37.4 Å². The average molecular weight is 342 g/mol. The summed E-state index contributed by atoms with van der Waals surface area (Å²) in [4.78, 5) is 23.2. The Morgan fingerprint density at radius 1 is 1.30 bits per heavy atom. The molecule has 2 amide bonds. The molecule has 1 unspecified atom stereocenters. The van der Waals surface area contributed by atoms with E-state index in [4.69, 9.17) is 5.73 Å². The summed E-state index contributed by atoms with van der Waals surface area (Å²) in [6, 6.07) is -0.557. The summed E-state index contributed by atoms with van der Waals surface area (Å²) < 4.78 is 0. The van der Waals surface area contributed by atoms with E-state index in [0.717, 1.165) is 11.5 Å². The Bertz CT molecular complexity index is 313. The largest absolute Gasteiger partial charge is 0.353 e. The van der Waals surface area contributed by atoms with Gasteiger partial charge in [-0.1, -0.05) is 13.8 Å². The van der Waals surface area contributed by atoms with Gasteiger partial charge in [0.15, 0.2) is 0 Å². The second kappa shape index (κ2) is 10.6. The van der Waals surface area contributed by atoms with Crippen LogP contribution in [0.1, 0.15) is 13.8 Å². The molecule has 20 heavy (non-hydrogen) atoms. The van der Waals surface area contributed by atoms with Crippen LogP contribution in [0.25, 0.3) is 0 Å². The van der Waals surface area contributed by atoms with Gasteiger partial charge in [-0.25, -0.2) is 0 Å². The highest BCUT2D eigenvalue weighted by Crippen LogP contribution is 2.23. The van der Waals surface area contributed by atoms with Crippen LogP contribution in [0.5, 0.6) is 0 Å². The predicted octanol–water partition coefficient (Wildman–Crippen LogP) is 0.473. The molecule has 0 aliphatic carbocycles. The minimum Gasteiger partial charge on any atom is -0.353 e. The number of carbonyl (C=O) groups is 2. The van der Waals surface area contributed by atoms with Gasteiger partial charge >= 0.3 is 0 Å². The van der Waals surface area contributed by atoms with E-state index in [-0.39, 0.29) is 36.7 Å². The van der Waals surface area contributed by atoms with Gasteiger partial charge in [0.2, 0.25) is 11.8 Å². The molecule has 0 bridgehead atoms. The van der Waals surface area contributed by atoms with E-state index in [1.165, 1.54) is 5.75 Å². The summed E-state index contributed by atoms with van der Waals surface area (Å²) in [5, 5.41) is 5.89. The number of halogens is 1. The first-order valence-electron chi connectivity index (χ1n) is 6.50. The molecule has 0 aromatic carbocycles. The molecule has 1 rings (SSSR count). The molecule has 0 aromatic rings. The number of hydrogen-bond donors (Lipinski definition) is 3. The number of amides is 2. The van der Waals surface area contributed by atoms with Crippen LogP contribution >= 0.6 is 35.9 Å². The number of hydrogen-bond acceptors (Lipinski definition) is 5. The monoisotopic (exact) mass is 341 g/mol. The lowest BCUT2D eigenvalue weighted by Crippen LogP contribution is -2.47. The SMILES string of the molecule is CC(C)[C@H](N)C(=O)NCC(=O)NCC1CSCCS1.Cl. The number of carbonyl (C=O) groups excluding carboxylic acids is 2. The fourth-order valence-electron chi connectivity index (χ4n) is 1.53. The molecule has 4 N–H and O–H groups in total. The van der Waals surface area contributed by atoms with Gasteiger partial charge < -0.3 is 16.4 Å². The van der Waals surface area contributed by atoms with Gasteiger partial charge in [-0.05, 0) is 5.92 Å². The molecule has 0 aromatic heterocycles. The van der Waals surface area contributed by atoms with Gasteiger partial charge in [-0.3, -0.25) is 9.59 Å². The number of nitrogens with one attached hydrogen (secondary N) is 2. The Morgan fingerprint density at radius 2 is 2.00 bits per heavy atom. The van der Waals surface area contributed by atoms with Crippen molar-refractivity contribution in [2.75, 3.05) is 30.3 Å². The van der Waals surface area contributed by atoms with Crippen LogP contribution in [0, 0.1) is 5.92 Å². The molecule has 1 aliphatic rings.